The number of hydrogen-bond acceptors (Lipinski definition) is 1. The molecule has 1 aliphatic heterocycles. The van der Waals surface area contributed by atoms with Gasteiger partial charge in [0.15, 0.2) is 0 Å². The van der Waals surface area contributed by atoms with E-state index in [1.165, 1.54) is 18.4 Å². The molecule has 0 atom stereocenters. The summed E-state index contributed by atoms with van der Waals surface area (Å²) < 4.78 is 0. The highest BCUT2D eigenvalue weighted by Crippen LogP contribution is 2.52. The van der Waals surface area contributed by atoms with Crippen molar-refractivity contribution in [3.63, 3.8) is 0 Å². The summed E-state index contributed by atoms with van der Waals surface area (Å²) in [4.78, 5) is 13.9. The third-order valence-electron chi connectivity index (χ3n) is 3.97. The summed E-state index contributed by atoms with van der Waals surface area (Å²) in [6.07, 6.45) is 4.45. The molecular weight excluding hydrogens is 222 g/mol. The van der Waals surface area contributed by atoms with Crippen LogP contribution in [-0.4, -0.2) is 12.5 Å². The molecule has 2 nitrogen and oxygen atoms in total. The largest absolute Gasteiger partial charge is 0.312 e. The molecule has 0 bridgehead atoms. The van der Waals surface area contributed by atoms with Crippen molar-refractivity contribution in [3.8, 4) is 0 Å². The average Bonchev–Trinajstić information content (AvgIpc) is 3.16. The van der Waals surface area contributed by atoms with Gasteiger partial charge in [-0.1, -0.05) is 31.5 Å². The number of carbonyl (C=O) groups excluding carboxylic acids is 1. The van der Waals surface area contributed by atoms with Crippen LogP contribution in [0.3, 0.4) is 0 Å². The van der Waals surface area contributed by atoms with Crippen LogP contribution in [0.15, 0.2) is 24.3 Å². The van der Waals surface area contributed by atoms with Crippen molar-refractivity contribution >= 4 is 11.6 Å². The molecule has 1 amide bonds. The van der Waals surface area contributed by atoms with Crippen LogP contribution < -0.4 is 4.90 Å². The molecule has 1 heterocycles. The highest BCUT2D eigenvalue weighted by molar-refractivity contribution is 5.94. The normalized spacial score (nSPS) is 20.4. The molecule has 1 aromatic carbocycles. The third kappa shape index (κ3) is 2.58. The second-order valence-corrected chi connectivity index (χ2v) is 5.32. The number of anilines is 1. The summed E-state index contributed by atoms with van der Waals surface area (Å²) in [5.41, 5.74) is 2.80. The van der Waals surface area contributed by atoms with Crippen LogP contribution in [0.1, 0.15) is 45.1 Å². The summed E-state index contributed by atoms with van der Waals surface area (Å²) in [5, 5.41) is 0. The number of carbonyl (C=O) groups is 1. The van der Waals surface area contributed by atoms with Crippen molar-refractivity contribution in [1.29, 1.82) is 0 Å². The molecule has 1 aromatic rings. The zero-order valence-electron chi connectivity index (χ0n) is 11.7. The average molecular weight is 245 g/mol. The fourth-order valence-corrected chi connectivity index (χ4v) is 2.55. The van der Waals surface area contributed by atoms with Gasteiger partial charge >= 0.3 is 0 Å². The Bertz CT molecular complexity index is 417. The van der Waals surface area contributed by atoms with Crippen LogP contribution in [-0.2, 0) is 4.79 Å². The highest BCUT2D eigenvalue weighted by Gasteiger charge is 2.47. The maximum Gasteiger partial charge on any atom is 0.227 e. The molecule has 1 aliphatic carbocycles. The molecule has 0 N–H and O–H groups in total. The lowest BCUT2D eigenvalue weighted by Crippen LogP contribution is -2.40. The first-order valence-electron chi connectivity index (χ1n) is 7.06. The first kappa shape index (κ1) is 13.1. The zero-order chi connectivity index (χ0) is 13.2. The molecule has 1 spiro atoms. The topological polar surface area (TPSA) is 20.3 Å². The lowest BCUT2D eigenvalue weighted by Gasteiger charge is -2.32. The first-order valence-corrected chi connectivity index (χ1v) is 7.06. The van der Waals surface area contributed by atoms with Gasteiger partial charge in [0.25, 0.3) is 0 Å². The first-order chi connectivity index (χ1) is 8.69. The van der Waals surface area contributed by atoms with Crippen molar-refractivity contribution in [2.24, 2.45) is 5.41 Å². The van der Waals surface area contributed by atoms with E-state index in [-0.39, 0.29) is 0 Å². The molecule has 2 aliphatic rings. The molecule has 0 unspecified atom stereocenters. The van der Waals surface area contributed by atoms with E-state index in [0.29, 0.717) is 11.3 Å². The summed E-state index contributed by atoms with van der Waals surface area (Å²) in [6.45, 7) is 7.01. The zero-order valence-corrected chi connectivity index (χ0v) is 11.7. The van der Waals surface area contributed by atoms with E-state index >= 15 is 0 Å². The number of nitrogens with zero attached hydrogens (tertiary/aromatic N) is 1. The number of aryl methyl sites for hydroxylation is 1. The van der Waals surface area contributed by atoms with Gasteiger partial charge in [-0.2, -0.15) is 0 Å². The van der Waals surface area contributed by atoms with Crippen LogP contribution in [0, 0.1) is 12.3 Å². The van der Waals surface area contributed by atoms with Crippen molar-refractivity contribution < 1.29 is 4.79 Å². The lowest BCUT2D eigenvalue weighted by atomic mass is 9.94. The van der Waals surface area contributed by atoms with Crippen LogP contribution >= 0.6 is 0 Å². The molecule has 3 rings (SSSR count). The SMILES string of the molecule is CC.Cc1ccc(N2CC3(CCC2=O)CC3)cc1. The van der Waals surface area contributed by atoms with Crippen molar-refractivity contribution in [1.82, 2.24) is 0 Å². The highest BCUT2D eigenvalue weighted by atomic mass is 16.2. The standard InChI is InChI=1S/C14H17NO.C2H6/c1-11-2-4-12(5-3-11)15-10-14(8-9-14)7-6-13(15)16;1-2/h2-5H,6-10H2,1H3;1-2H3. The lowest BCUT2D eigenvalue weighted by molar-refractivity contribution is -0.120. The van der Waals surface area contributed by atoms with E-state index < -0.39 is 0 Å². The van der Waals surface area contributed by atoms with Gasteiger partial charge in [-0.15, -0.1) is 0 Å². The molecule has 2 heteroatoms. The van der Waals surface area contributed by atoms with E-state index in [0.717, 1.165) is 25.1 Å². The molecule has 1 saturated heterocycles. The number of rotatable bonds is 1. The Morgan fingerprint density at radius 1 is 1.06 bits per heavy atom. The van der Waals surface area contributed by atoms with E-state index in [2.05, 4.69) is 31.2 Å². The van der Waals surface area contributed by atoms with Crippen molar-refractivity contribution in [2.45, 2.75) is 46.5 Å². The molecule has 18 heavy (non-hydrogen) atoms. The summed E-state index contributed by atoms with van der Waals surface area (Å²) >= 11 is 0. The smallest absolute Gasteiger partial charge is 0.227 e. The maximum atomic E-state index is 11.9. The van der Waals surface area contributed by atoms with Crippen LogP contribution in [0.5, 0.6) is 0 Å². The fourth-order valence-electron chi connectivity index (χ4n) is 2.55. The van der Waals surface area contributed by atoms with Gasteiger partial charge in [0.2, 0.25) is 5.91 Å². The second-order valence-electron chi connectivity index (χ2n) is 5.32. The van der Waals surface area contributed by atoms with Crippen LogP contribution in [0.25, 0.3) is 0 Å². The van der Waals surface area contributed by atoms with Gasteiger partial charge in [-0.05, 0) is 43.7 Å². The Balaban J connectivity index is 0.000000574. The molecule has 0 radical (unpaired) electrons. The predicted octanol–water partition coefficient (Wildman–Crippen LogP) is 3.93. The minimum atomic E-state index is 0.293. The van der Waals surface area contributed by atoms with Gasteiger partial charge in [-0.25, -0.2) is 0 Å². The minimum Gasteiger partial charge on any atom is -0.312 e. The monoisotopic (exact) mass is 245 g/mol. The van der Waals surface area contributed by atoms with Gasteiger partial charge in [0.05, 0.1) is 0 Å². The van der Waals surface area contributed by atoms with Crippen molar-refractivity contribution in [2.75, 3.05) is 11.4 Å². The summed E-state index contributed by atoms with van der Waals surface area (Å²) in [6, 6.07) is 8.29. The fraction of sp³-hybridized carbons (Fsp3) is 0.562. The number of amides is 1. The Kier molecular flexibility index (Phi) is 3.74. The second kappa shape index (κ2) is 5.13. The van der Waals surface area contributed by atoms with E-state index in [1.807, 2.05) is 18.7 Å². The van der Waals surface area contributed by atoms with Gasteiger partial charge in [0.1, 0.15) is 0 Å². The van der Waals surface area contributed by atoms with Gasteiger partial charge in [0, 0.05) is 18.7 Å². The Morgan fingerprint density at radius 2 is 1.67 bits per heavy atom. The molecular formula is C16H23NO. The predicted molar refractivity (Wildman–Crippen MR) is 75.8 cm³/mol. The Morgan fingerprint density at radius 3 is 2.22 bits per heavy atom. The van der Waals surface area contributed by atoms with Crippen LogP contribution in [0.4, 0.5) is 5.69 Å². The van der Waals surface area contributed by atoms with E-state index in [9.17, 15) is 4.79 Å². The number of benzene rings is 1. The van der Waals surface area contributed by atoms with Gasteiger partial charge < -0.3 is 4.90 Å². The third-order valence-corrected chi connectivity index (χ3v) is 3.97. The quantitative estimate of drug-likeness (QED) is 0.734. The van der Waals surface area contributed by atoms with Crippen LogP contribution in [0.2, 0.25) is 0 Å². The summed E-state index contributed by atoms with van der Waals surface area (Å²) in [5.74, 6) is 0.293. The van der Waals surface area contributed by atoms with E-state index in [1.54, 1.807) is 0 Å². The number of piperidine rings is 1. The summed E-state index contributed by atoms with van der Waals surface area (Å²) in [7, 11) is 0. The van der Waals surface area contributed by atoms with Crippen molar-refractivity contribution in [3.05, 3.63) is 29.8 Å². The molecule has 2 fully saturated rings. The molecule has 98 valence electrons. The molecule has 1 saturated carbocycles. The minimum absolute atomic E-state index is 0.293. The van der Waals surface area contributed by atoms with E-state index in [4.69, 9.17) is 0 Å². The van der Waals surface area contributed by atoms with Gasteiger partial charge in [-0.3, -0.25) is 4.79 Å². The molecule has 0 aromatic heterocycles. The Labute approximate surface area is 110 Å². The Hall–Kier alpha value is -1.31. The maximum absolute atomic E-state index is 11.9. The number of hydrogen-bond donors (Lipinski definition) is 0.